The molecular formula is C17H11Cl2N3O3. The number of nitrogens with zero attached hydrogens (tertiary/aromatic N) is 2. The van der Waals surface area contributed by atoms with Crippen LogP contribution in [0.3, 0.4) is 0 Å². The van der Waals surface area contributed by atoms with Crippen LogP contribution < -0.4 is 5.32 Å². The molecule has 3 aromatic rings. The van der Waals surface area contributed by atoms with Crippen molar-refractivity contribution in [1.82, 2.24) is 9.97 Å². The van der Waals surface area contributed by atoms with Crippen molar-refractivity contribution in [3.05, 3.63) is 64.4 Å². The van der Waals surface area contributed by atoms with E-state index < -0.39 is 18.5 Å². The second kappa shape index (κ2) is 7.46. The number of hydrogen-bond donors (Lipinski definition) is 1. The highest BCUT2D eigenvalue weighted by atomic mass is 35.5. The topological polar surface area (TPSA) is 81.2 Å². The van der Waals surface area contributed by atoms with E-state index in [-0.39, 0.29) is 10.6 Å². The van der Waals surface area contributed by atoms with Crippen LogP contribution in [0.4, 0.5) is 5.69 Å². The summed E-state index contributed by atoms with van der Waals surface area (Å²) in [5, 5.41) is 3.29. The molecule has 0 bridgehead atoms. The fourth-order valence-corrected chi connectivity index (χ4v) is 2.60. The van der Waals surface area contributed by atoms with E-state index >= 15 is 0 Å². The number of hydrogen-bond acceptors (Lipinski definition) is 5. The molecule has 0 atom stereocenters. The first kappa shape index (κ1) is 17.1. The van der Waals surface area contributed by atoms with Gasteiger partial charge < -0.3 is 10.1 Å². The fourth-order valence-electron chi connectivity index (χ4n) is 2.14. The van der Waals surface area contributed by atoms with Crippen LogP contribution in [0.2, 0.25) is 10.0 Å². The first-order chi connectivity index (χ1) is 12.0. The Labute approximate surface area is 152 Å². The Bertz CT molecular complexity index is 958. The van der Waals surface area contributed by atoms with Crippen LogP contribution >= 0.6 is 23.2 Å². The molecule has 6 nitrogen and oxygen atoms in total. The van der Waals surface area contributed by atoms with Gasteiger partial charge in [-0.25, -0.2) is 4.79 Å². The molecule has 3 rings (SSSR count). The van der Waals surface area contributed by atoms with Crippen LogP contribution in [0.25, 0.3) is 11.0 Å². The molecule has 25 heavy (non-hydrogen) atoms. The molecule has 0 saturated carbocycles. The number of aromatic nitrogens is 2. The molecule has 0 spiro atoms. The van der Waals surface area contributed by atoms with Gasteiger partial charge in [0.2, 0.25) is 0 Å². The molecule has 2 aromatic carbocycles. The van der Waals surface area contributed by atoms with Crippen molar-refractivity contribution < 1.29 is 14.3 Å². The highest BCUT2D eigenvalue weighted by molar-refractivity contribution is 6.36. The van der Waals surface area contributed by atoms with E-state index in [1.807, 2.05) is 0 Å². The lowest BCUT2D eigenvalue weighted by atomic mass is 10.2. The highest BCUT2D eigenvalue weighted by Gasteiger charge is 2.15. The Kier molecular flexibility index (Phi) is 5.11. The van der Waals surface area contributed by atoms with Crippen LogP contribution in [-0.4, -0.2) is 28.5 Å². The predicted octanol–water partition coefficient (Wildman–Crippen LogP) is 3.73. The van der Waals surface area contributed by atoms with E-state index in [1.54, 1.807) is 30.3 Å². The minimum absolute atomic E-state index is 0.239. The van der Waals surface area contributed by atoms with Crippen molar-refractivity contribution in [3.63, 3.8) is 0 Å². The number of fused-ring (bicyclic) bond motifs is 1. The number of rotatable bonds is 4. The third-order valence-corrected chi connectivity index (χ3v) is 3.81. The molecule has 8 heteroatoms. The number of carbonyl (C=O) groups excluding carboxylic acids is 2. The fraction of sp³-hybridized carbons (Fsp3) is 0.0588. The molecule has 0 unspecified atom stereocenters. The molecule has 0 aliphatic heterocycles. The number of anilines is 1. The van der Waals surface area contributed by atoms with Crippen LogP contribution in [0, 0.1) is 0 Å². The zero-order valence-electron chi connectivity index (χ0n) is 12.7. The minimum atomic E-state index is -0.663. The summed E-state index contributed by atoms with van der Waals surface area (Å²) in [5.74, 6) is -1.19. The molecule has 0 fully saturated rings. The maximum Gasteiger partial charge on any atom is 0.340 e. The Morgan fingerprint density at radius 3 is 2.68 bits per heavy atom. The third-order valence-electron chi connectivity index (χ3n) is 3.26. The molecule has 1 N–H and O–H groups in total. The first-order valence-corrected chi connectivity index (χ1v) is 7.92. The maximum absolute atomic E-state index is 12.2. The van der Waals surface area contributed by atoms with Crippen LogP contribution in [0.1, 0.15) is 10.4 Å². The van der Waals surface area contributed by atoms with E-state index in [9.17, 15) is 9.59 Å². The summed E-state index contributed by atoms with van der Waals surface area (Å²) in [7, 11) is 0. The van der Waals surface area contributed by atoms with E-state index in [2.05, 4.69) is 15.3 Å². The number of halogens is 2. The second-order valence-electron chi connectivity index (χ2n) is 4.98. The Hall–Kier alpha value is -2.70. The average molecular weight is 376 g/mol. The van der Waals surface area contributed by atoms with E-state index in [0.29, 0.717) is 21.7 Å². The molecule has 126 valence electrons. The molecule has 1 aromatic heterocycles. The second-order valence-corrected chi connectivity index (χ2v) is 5.82. The van der Waals surface area contributed by atoms with Gasteiger partial charge in [0, 0.05) is 17.4 Å². The number of amides is 1. The number of ether oxygens (including phenoxy) is 1. The Morgan fingerprint density at radius 1 is 1.08 bits per heavy atom. The summed E-state index contributed by atoms with van der Waals surface area (Å²) < 4.78 is 5.05. The van der Waals surface area contributed by atoms with Crippen molar-refractivity contribution >= 4 is 51.8 Å². The van der Waals surface area contributed by atoms with Crippen molar-refractivity contribution in [3.8, 4) is 0 Å². The van der Waals surface area contributed by atoms with Gasteiger partial charge in [0.15, 0.2) is 6.61 Å². The quantitative estimate of drug-likeness (QED) is 0.702. The van der Waals surface area contributed by atoms with Crippen LogP contribution in [0.15, 0.2) is 48.8 Å². The summed E-state index contributed by atoms with van der Waals surface area (Å²) in [6.07, 6.45) is 3.01. The number of benzene rings is 2. The average Bonchev–Trinajstić information content (AvgIpc) is 2.61. The lowest BCUT2D eigenvalue weighted by molar-refractivity contribution is -0.119. The summed E-state index contributed by atoms with van der Waals surface area (Å²) in [6.45, 7) is -0.464. The van der Waals surface area contributed by atoms with E-state index in [1.165, 1.54) is 18.5 Å². The summed E-state index contributed by atoms with van der Waals surface area (Å²) in [5.41, 5.74) is 1.59. The first-order valence-electron chi connectivity index (χ1n) is 7.16. The lowest BCUT2D eigenvalue weighted by Gasteiger charge is -2.09. The molecule has 0 aliphatic carbocycles. The van der Waals surface area contributed by atoms with Crippen molar-refractivity contribution in [2.75, 3.05) is 11.9 Å². The zero-order chi connectivity index (χ0) is 17.8. The standard InChI is InChI=1S/C17H11Cl2N3O3/c18-10-4-5-13(12(19)8-10)22-15(23)9-25-17(24)11-2-1-3-14-16(11)21-7-6-20-14/h1-8H,9H2,(H,22,23). The summed E-state index contributed by atoms with van der Waals surface area (Å²) in [6, 6.07) is 9.61. The van der Waals surface area contributed by atoms with Crippen molar-refractivity contribution in [2.24, 2.45) is 0 Å². The molecule has 0 aliphatic rings. The van der Waals surface area contributed by atoms with Crippen LogP contribution in [0.5, 0.6) is 0 Å². The van der Waals surface area contributed by atoms with Gasteiger partial charge in [-0.3, -0.25) is 14.8 Å². The van der Waals surface area contributed by atoms with Gasteiger partial charge in [0.25, 0.3) is 5.91 Å². The predicted molar refractivity (Wildman–Crippen MR) is 94.9 cm³/mol. The van der Waals surface area contributed by atoms with Crippen molar-refractivity contribution in [1.29, 1.82) is 0 Å². The maximum atomic E-state index is 12.2. The number of para-hydroxylation sites is 1. The minimum Gasteiger partial charge on any atom is -0.452 e. The van der Waals surface area contributed by atoms with Gasteiger partial charge in [-0.15, -0.1) is 0 Å². The van der Waals surface area contributed by atoms with E-state index in [4.69, 9.17) is 27.9 Å². The molecule has 1 heterocycles. The highest BCUT2D eigenvalue weighted by Crippen LogP contribution is 2.25. The largest absolute Gasteiger partial charge is 0.452 e. The number of carbonyl (C=O) groups is 2. The van der Waals surface area contributed by atoms with Gasteiger partial charge in [0.05, 0.1) is 21.8 Å². The summed E-state index contributed by atoms with van der Waals surface area (Å²) in [4.78, 5) is 32.4. The Morgan fingerprint density at radius 2 is 1.88 bits per heavy atom. The number of nitrogens with one attached hydrogen (secondary N) is 1. The van der Waals surface area contributed by atoms with Crippen LogP contribution in [-0.2, 0) is 9.53 Å². The van der Waals surface area contributed by atoms with E-state index in [0.717, 1.165) is 0 Å². The molecular weight excluding hydrogens is 365 g/mol. The molecule has 0 radical (unpaired) electrons. The SMILES string of the molecule is O=C(COC(=O)c1cccc2nccnc12)Nc1ccc(Cl)cc1Cl. The smallest absolute Gasteiger partial charge is 0.340 e. The molecule has 0 saturated heterocycles. The monoisotopic (exact) mass is 375 g/mol. The zero-order valence-corrected chi connectivity index (χ0v) is 14.2. The third kappa shape index (κ3) is 4.04. The lowest BCUT2D eigenvalue weighted by Crippen LogP contribution is -2.21. The summed E-state index contributed by atoms with van der Waals surface area (Å²) >= 11 is 11.8. The van der Waals surface area contributed by atoms with Gasteiger partial charge >= 0.3 is 5.97 Å². The normalized spacial score (nSPS) is 10.5. The van der Waals surface area contributed by atoms with Gasteiger partial charge in [-0.2, -0.15) is 0 Å². The van der Waals surface area contributed by atoms with Crippen molar-refractivity contribution in [2.45, 2.75) is 0 Å². The Balaban J connectivity index is 1.66. The number of esters is 1. The van der Waals surface area contributed by atoms with Gasteiger partial charge in [0.1, 0.15) is 5.52 Å². The molecule has 1 amide bonds. The van der Waals surface area contributed by atoms with Gasteiger partial charge in [-0.05, 0) is 30.3 Å². The van der Waals surface area contributed by atoms with Gasteiger partial charge in [-0.1, -0.05) is 29.3 Å².